The van der Waals surface area contributed by atoms with E-state index in [-0.39, 0.29) is 18.6 Å². The number of carbonyl (C=O) groups excluding carboxylic acids is 1. The molecule has 0 fully saturated rings. The minimum Gasteiger partial charge on any atom is -0.494 e. The Hall–Kier alpha value is -1.88. The number of benzene rings is 1. The van der Waals surface area contributed by atoms with E-state index in [1.165, 1.54) is 0 Å². The average molecular weight is 279 g/mol. The van der Waals surface area contributed by atoms with Crippen molar-refractivity contribution in [2.75, 3.05) is 13.7 Å². The molecule has 0 spiro atoms. The van der Waals surface area contributed by atoms with E-state index < -0.39 is 12.0 Å². The van der Waals surface area contributed by atoms with Crippen molar-refractivity contribution in [2.45, 2.75) is 32.2 Å². The number of carbonyl (C=O) groups is 2. The first kappa shape index (κ1) is 16.2. The lowest BCUT2D eigenvalue weighted by Gasteiger charge is -2.14. The maximum Gasteiger partial charge on any atom is 0.303 e. The van der Waals surface area contributed by atoms with E-state index in [1.807, 2.05) is 6.92 Å². The van der Waals surface area contributed by atoms with Gasteiger partial charge >= 0.3 is 5.97 Å². The van der Waals surface area contributed by atoms with E-state index in [9.17, 15) is 9.59 Å². The van der Waals surface area contributed by atoms with Crippen molar-refractivity contribution in [3.63, 3.8) is 0 Å². The Balaban J connectivity index is 2.67. The fourth-order valence-corrected chi connectivity index (χ4v) is 1.81. The first-order valence-corrected chi connectivity index (χ1v) is 6.74. The molecule has 1 aromatic carbocycles. The zero-order chi connectivity index (χ0) is 15.0. The summed E-state index contributed by atoms with van der Waals surface area (Å²) in [5.41, 5.74) is 0.554. The molecule has 2 N–H and O–H groups in total. The van der Waals surface area contributed by atoms with Crippen molar-refractivity contribution in [1.29, 1.82) is 0 Å². The minimum atomic E-state index is -0.902. The van der Waals surface area contributed by atoms with Crippen molar-refractivity contribution in [3.05, 3.63) is 29.8 Å². The Morgan fingerprint density at radius 1 is 1.30 bits per heavy atom. The Morgan fingerprint density at radius 3 is 2.45 bits per heavy atom. The Labute approximate surface area is 118 Å². The second kappa shape index (κ2) is 8.32. The van der Waals surface area contributed by atoms with Gasteiger partial charge in [-0.15, -0.1) is 0 Å². The highest BCUT2D eigenvalue weighted by molar-refractivity contribution is 6.00. The summed E-state index contributed by atoms with van der Waals surface area (Å²) < 4.78 is 5.45. The van der Waals surface area contributed by atoms with E-state index in [1.54, 1.807) is 31.3 Å². The zero-order valence-electron chi connectivity index (χ0n) is 11.9. The molecule has 1 rings (SSSR count). The normalized spacial score (nSPS) is 11.9. The third kappa shape index (κ3) is 5.01. The number of carboxylic acid groups (broad SMARTS) is 1. The van der Waals surface area contributed by atoms with Gasteiger partial charge in [-0.25, -0.2) is 0 Å². The molecule has 0 aliphatic heterocycles. The molecule has 0 radical (unpaired) electrons. The van der Waals surface area contributed by atoms with E-state index in [2.05, 4.69) is 5.32 Å². The summed E-state index contributed by atoms with van der Waals surface area (Å²) in [5, 5.41) is 11.5. The van der Waals surface area contributed by atoms with Crippen LogP contribution >= 0.6 is 0 Å². The molecule has 0 heterocycles. The van der Waals surface area contributed by atoms with E-state index in [0.29, 0.717) is 12.2 Å². The van der Waals surface area contributed by atoms with E-state index in [0.717, 1.165) is 12.2 Å². The largest absolute Gasteiger partial charge is 0.494 e. The molecular weight excluding hydrogens is 258 g/mol. The second-order valence-electron chi connectivity index (χ2n) is 4.51. The third-order valence-electron chi connectivity index (χ3n) is 2.92. The fourth-order valence-electron chi connectivity index (χ4n) is 1.81. The Bertz CT molecular complexity index is 442. The number of ketones is 1. The van der Waals surface area contributed by atoms with Crippen LogP contribution in [0.15, 0.2) is 24.3 Å². The van der Waals surface area contributed by atoms with Gasteiger partial charge in [-0.05, 0) is 44.2 Å². The van der Waals surface area contributed by atoms with Crippen LogP contribution in [0.25, 0.3) is 0 Å². The maximum atomic E-state index is 12.2. The topological polar surface area (TPSA) is 75.6 Å². The van der Waals surface area contributed by atoms with Crippen molar-refractivity contribution < 1.29 is 19.4 Å². The average Bonchev–Trinajstić information content (AvgIpc) is 2.45. The number of carboxylic acids is 1. The molecule has 0 aromatic heterocycles. The quantitative estimate of drug-likeness (QED) is 0.677. The van der Waals surface area contributed by atoms with Crippen LogP contribution in [0.5, 0.6) is 5.75 Å². The summed E-state index contributed by atoms with van der Waals surface area (Å²) in [5.74, 6) is -0.271. The van der Waals surface area contributed by atoms with Crippen LogP contribution in [-0.2, 0) is 4.79 Å². The Morgan fingerprint density at radius 2 is 1.95 bits per heavy atom. The van der Waals surface area contributed by atoms with Gasteiger partial charge in [0.2, 0.25) is 0 Å². The first-order chi connectivity index (χ1) is 9.58. The molecule has 1 aromatic rings. The lowest BCUT2D eigenvalue weighted by Crippen LogP contribution is -2.34. The summed E-state index contributed by atoms with van der Waals surface area (Å²) in [7, 11) is 1.66. The van der Waals surface area contributed by atoms with E-state index >= 15 is 0 Å². The number of hydrogen-bond acceptors (Lipinski definition) is 4. The van der Waals surface area contributed by atoms with Crippen LogP contribution in [0.3, 0.4) is 0 Å². The number of aliphatic carboxylic acids is 1. The number of nitrogens with one attached hydrogen (secondary N) is 1. The number of ether oxygens (including phenoxy) is 1. The predicted octanol–water partition coefficient (Wildman–Crippen LogP) is 2.11. The van der Waals surface area contributed by atoms with Crippen LogP contribution in [-0.4, -0.2) is 36.6 Å². The molecule has 5 nitrogen and oxygen atoms in total. The molecule has 0 aliphatic rings. The fraction of sp³-hybridized carbons (Fsp3) is 0.467. The van der Waals surface area contributed by atoms with Crippen molar-refractivity contribution in [1.82, 2.24) is 5.32 Å². The summed E-state index contributed by atoms with van der Waals surface area (Å²) in [6, 6.07) is 6.45. The van der Waals surface area contributed by atoms with Gasteiger partial charge in [0, 0.05) is 12.0 Å². The molecule has 5 heteroatoms. The lowest BCUT2D eigenvalue weighted by atomic mass is 10.0. The lowest BCUT2D eigenvalue weighted by molar-refractivity contribution is -0.137. The van der Waals surface area contributed by atoms with Gasteiger partial charge in [-0.1, -0.05) is 6.92 Å². The molecule has 1 unspecified atom stereocenters. The molecular formula is C15H21NO4. The number of hydrogen-bond donors (Lipinski definition) is 2. The molecule has 110 valence electrons. The van der Waals surface area contributed by atoms with Crippen LogP contribution in [0.2, 0.25) is 0 Å². The Kier molecular flexibility index (Phi) is 6.73. The van der Waals surface area contributed by atoms with Gasteiger partial charge in [0.05, 0.1) is 12.6 Å². The summed E-state index contributed by atoms with van der Waals surface area (Å²) in [6.07, 6.45) is 1.17. The standard InChI is InChI=1S/C15H21NO4/c1-3-10-20-12-6-4-11(5-7-12)15(19)13(16-2)8-9-14(17)18/h4-7,13,16H,3,8-10H2,1-2H3,(H,17,18). The minimum absolute atomic E-state index is 0.0328. The smallest absolute Gasteiger partial charge is 0.303 e. The SMILES string of the molecule is CCCOc1ccc(C(=O)C(CCC(=O)O)NC)cc1. The highest BCUT2D eigenvalue weighted by Gasteiger charge is 2.19. The predicted molar refractivity (Wildman–Crippen MR) is 76.3 cm³/mol. The van der Waals surface area contributed by atoms with Crippen LogP contribution < -0.4 is 10.1 Å². The van der Waals surface area contributed by atoms with Crippen molar-refractivity contribution in [2.24, 2.45) is 0 Å². The molecule has 1 atom stereocenters. The molecule has 0 bridgehead atoms. The zero-order valence-corrected chi connectivity index (χ0v) is 11.9. The molecule has 20 heavy (non-hydrogen) atoms. The van der Waals surface area contributed by atoms with Gasteiger partial charge in [-0.3, -0.25) is 9.59 Å². The molecule has 0 aliphatic carbocycles. The molecule has 0 saturated heterocycles. The second-order valence-corrected chi connectivity index (χ2v) is 4.51. The van der Waals surface area contributed by atoms with Crippen molar-refractivity contribution in [3.8, 4) is 5.75 Å². The number of Topliss-reactive ketones (excluding diaryl/α,β-unsaturated/α-hetero) is 1. The number of rotatable bonds is 9. The van der Waals surface area contributed by atoms with Gasteiger partial charge < -0.3 is 15.2 Å². The monoisotopic (exact) mass is 279 g/mol. The van der Waals surface area contributed by atoms with Gasteiger partial charge in [0.25, 0.3) is 0 Å². The summed E-state index contributed by atoms with van der Waals surface area (Å²) in [6.45, 7) is 2.67. The van der Waals surface area contributed by atoms with Gasteiger partial charge in [-0.2, -0.15) is 0 Å². The third-order valence-corrected chi connectivity index (χ3v) is 2.92. The molecule has 0 amide bonds. The van der Waals surface area contributed by atoms with Crippen molar-refractivity contribution >= 4 is 11.8 Å². The highest BCUT2D eigenvalue weighted by Crippen LogP contribution is 2.15. The van der Waals surface area contributed by atoms with Crippen LogP contribution in [0.4, 0.5) is 0 Å². The summed E-state index contributed by atoms with van der Waals surface area (Å²) >= 11 is 0. The van der Waals surface area contributed by atoms with Gasteiger partial charge in [0.1, 0.15) is 5.75 Å². The summed E-state index contributed by atoms with van der Waals surface area (Å²) in [4.78, 5) is 22.8. The molecule has 0 saturated carbocycles. The first-order valence-electron chi connectivity index (χ1n) is 6.74. The van der Waals surface area contributed by atoms with Crippen LogP contribution in [0, 0.1) is 0 Å². The van der Waals surface area contributed by atoms with Crippen LogP contribution in [0.1, 0.15) is 36.5 Å². The maximum absolute atomic E-state index is 12.2. The highest BCUT2D eigenvalue weighted by atomic mass is 16.5. The number of likely N-dealkylation sites (N-methyl/N-ethyl adjacent to an activating group) is 1. The van der Waals surface area contributed by atoms with E-state index in [4.69, 9.17) is 9.84 Å². The van der Waals surface area contributed by atoms with Gasteiger partial charge in [0.15, 0.2) is 5.78 Å².